The molecule has 0 aromatic carbocycles. The molecule has 0 saturated carbocycles. The Labute approximate surface area is 122 Å². The zero-order chi connectivity index (χ0) is 15.3. The highest BCUT2D eigenvalue weighted by Gasteiger charge is 2.13. The summed E-state index contributed by atoms with van der Waals surface area (Å²) in [5, 5.41) is 7.73. The third-order valence-electron chi connectivity index (χ3n) is 3.54. The van der Waals surface area contributed by atoms with E-state index in [2.05, 4.69) is 17.3 Å². The Morgan fingerprint density at radius 1 is 1.35 bits per heavy atom. The SMILES string of the molecule is CCN(CCCNCc1c(C)nn(C)c1C)S(C)(=O)=O. The molecule has 0 bridgehead atoms. The molecule has 0 aliphatic carbocycles. The fourth-order valence-corrected chi connectivity index (χ4v) is 3.16. The lowest BCUT2D eigenvalue weighted by Gasteiger charge is -2.17. The van der Waals surface area contributed by atoms with E-state index in [9.17, 15) is 8.42 Å². The molecule has 0 spiro atoms. The van der Waals surface area contributed by atoms with Gasteiger partial charge in [-0.15, -0.1) is 0 Å². The highest BCUT2D eigenvalue weighted by molar-refractivity contribution is 7.88. The molecule has 1 aromatic rings. The molecule has 1 aromatic heterocycles. The van der Waals surface area contributed by atoms with E-state index in [0.717, 1.165) is 25.2 Å². The maximum Gasteiger partial charge on any atom is 0.211 e. The molecule has 0 atom stereocenters. The molecular formula is C13H26N4O2S. The Balaban J connectivity index is 2.36. The molecule has 1 rings (SSSR count). The Morgan fingerprint density at radius 2 is 2.00 bits per heavy atom. The third-order valence-corrected chi connectivity index (χ3v) is 4.92. The summed E-state index contributed by atoms with van der Waals surface area (Å²) in [6.07, 6.45) is 2.06. The minimum Gasteiger partial charge on any atom is -0.312 e. The van der Waals surface area contributed by atoms with E-state index < -0.39 is 10.0 Å². The molecular weight excluding hydrogens is 276 g/mol. The van der Waals surface area contributed by atoms with Crippen molar-refractivity contribution in [3.05, 3.63) is 17.0 Å². The van der Waals surface area contributed by atoms with Crippen LogP contribution in [0.4, 0.5) is 0 Å². The first-order valence-corrected chi connectivity index (χ1v) is 8.77. The monoisotopic (exact) mass is 302 g/mol. The molecule has 0 saturated heterocycles. The summed E-state index contributed by atoms with van der Waals surface area (Å²) in [4.78, 5) is 0. The second-order valence-corrected chi connectivity index (χ2v) is 7.04. The van der Waals surface area contributed by atoms with E-state index in [-0.39, 0.29) is 0 Å². The van der Waals surface area contributed by atoms with E-state index in [0.29, 0.717) is 13.1 Å². The van der Waals surface area contributed by atoms with Crippen LogP contribution < -0.4 is 5.32 Å². The standard InChI is InChI=1S/C13H26N4O2S/c1-6-17(20(5,18)19)9-7-8-14-10-13-11(2)15-16(4)12(13)3/h14H,6-10H2,1-5H3. The molecule has 0 amide bonds. The van der Waals surface area contributed by atoms with Crippen LogP contribution in [0.15, 0.2) is 0 Å². The van der Waals surface area contributed by atoms with E-state index in [1.807, 2.05) is 25.6 Å². The maximum absolute atomic E-state index is 11.4. The van der Waals surface area contributed by atoms with Crippen molar-refractivity contribution in [3.8, 4) is 0 Å². The van der Waals surface area contributed by atoms with Crippen LogP contribution in [0.25, 0.3) is 0 Å². The van der Waals surface area contributed by atoms with Crippen LogP contribution in [0.3, 0.4) is 0 Å². The molecule has 0 aliphatic rings. The van der Waals surface area contributed by atoms with Gasteiger partial charge in [-0.05, 0) is 26.8 Å². The van der Waals surface area contributed by atoms with Crippen LogP contribution in [-0.4, -0.2) is 48.4 Å². The molecule has 1 N–H and O–H groups in total. The summed E-state index contributed by atoms with van der Waals surface area (Å²) >= 11 is 0. The molecule has 20 heavy (non-hydrogen) atoms. The second-order valence-electron chi connectivity index (χ2n) is 5.06. The van der Waals surface area contributed by atoms with E-state index in [1.165, 1.54) is 21.8 Å². The van der Waals surface area contributed by atoms with Gasteiger partial charge in [0.2, 0.25) is 10.0 Å². The van der Waals surface area contributed by atoms with Crippen molar-refractivity contribution >= 4 is 10.0 Å². The molecule has 0 radical (unpaired) electrons. The Hall–Kier alpha value is -0.920. The van der Waals surface area contributed by atoms with E-state index >= 15 is 0 Å². The van der Waals surface area contributed by atoms with Crippen molar-refractivity contribution in [1.82, 2.24) is 19.4 Å². The lowest BCUT2D eigenvalue weighted by Crippen LogP contribution is -2.32. The van der Waals surface area contributed by atoms with Gasteiger partial charge >= 0.3 is 0 Å². The smallest absolute Gasteiger partial charge is 0.211 e. The lowest BCUT2D eigenvalue weighted by atomic mass is 10.2. The first-order chi connectivity index (χ1) is 9.27. The molecule has 6 nitrogen and oxygen atoms in total. The van der Waals surface area contributed by atoms with Crippen molar-refractivity contribution < 1.29 is 8.42 Å². The zero-order valence-corrected chi connectivity index (χ0v) is 13.9. The normalized spacial score (nSPS) is 12.3. The molecule has 1 heterocycles. The van der Waals surface area contributed by atoms with Gasteiger partial charge in [0.25, 0.3) is 0 Å². The van der Waals surface area contributed by atoms with Crippen LogP contribution in [-0.2, 0) is 23.6 Å². The van der Waals surface area contributed by atoms with E-state index in [1.54, 1.807) is 0 Å². The van der Waals surface area contributed by atoms with Gasteiger partial charge in [-0.3, -0.25) is 4.68 Å². The Morgan fingerprint density at radius 3 is 2.45 bits per heavy atom. The second kappa shape index (κ2) is 7.19. The summed E-state index contributed by atoms with van der Waals surface area (Å²) in [6.45, 7) is 8.58. The quantitative estimate of drug-likeness (QED) is 0.721. The number of nitrogens with zero attached hydrogens (tertiary/aromatic N) is 3. The van der Waals surface area contributed by atoms with Gasteiger partial charge in [-0.2, -0.15) is 5.10 Å². The van der Waals surface area contributed by atoms with Crippen molar-refractivity contribution in [2.24, 2.45) is 7.05 Å². The van der Waals surface area contributed by atoms with Gasteiger partial charge in [0.05, 0.1) is 11.9 Å². The first kappa shape index (κ1) is 17.1. The number of rotatable bonds is 8. The van der Waals surface area contributed by atoms with Gasteiger partial charge in [-0.25, -0.2) is 12.7 Å². The number of sulfonamides is 1. The van der Waals surface area contributed by atoms with Crippen molar-refractivity contribution in [2.45, 2.75) is 33.7 Å². The van der Waals surface area contributed by atoms with Gasteiger partial charge in [0, 0.05) is 37.9 Å². The fourth-order valence-electron chi connectivity index (χ4n) is 2.23. The van der Waals surface area contributed by atoms with Crippen LogP contribution in [0, 0.1) is 13.8 Å². The Bertz CT molecular complexity index is 537. The fraction of sp³-hybridized carbons (Fsp3) is 0.769. The maximum atomic E-state index is 11.4. The topological polar surface area (TPSA) is 67.2 Å². The third kappa shape index (κ3) is 4.57. The number of nitrogens with one attached hydrogen (secondary N) is 1. The molecule has 0 fully saturated rings. The van der Waals surface area contributed by atoms with Gasteiger partial charge in [-0.1, -0.05) is 6.92 Å². The largest absolute Gasteiger partial charge is 0.312 e. The van der Waals surface area contributed by atoms with E-state index in [4.69, 9.17) is 0 Å². The molecule has 116 valence electrons. The number of hydrogen-bond acceptors (Lipinski definition) is 4. The number of aryl methyl sites for hydroxylation is 2. The number of aromatic nitrogens is 2. The summed E-state index contributed by atoms with van der Waals surface area (Å²) in [5.74, 6) is 0. The lowest BCUT2D eigenvalue weighted by molar-refractivity contribution is 0.419. The van der Waals surface area contributed by atoms with Crippen molar-refractivity contribution in [3.63, 3.8) is 0 Å². The highest BCUT2D eigenvalue weighted by Crippen LogP contribution is 2.11. The Kier molecular flexibility index (Phi) is 6.16. The first-order valence-electron chi connectivity index (χ1n) is 6.92. The minimum absolute atomic E-state index is 0.527. The predicted octanol–water partition coefficient (Wildman–Crippen LogP) is 0.798. The van der Waals surface area contributed by atoms with Crippen LogP contribution >= 0.6 is 0 Å². The molecule has 0 unspecified atom stereocenters. The van der Waals surface area contributed by atoms with Crippen molar-refractivity contribution in [2.75, 3.05) is 25.9 Å². The van der Waals surface area contributed by atoms with Gasteiger partial charge in [0.1, 0.15) is 0 Å². The van der Waals surface area contributed by atoms with Crippen LogP contribution in [0.5, 0.6) is 0 Å². The molecule has 0 aliphatic heterocycles. The van der Waals surface area contributed by atoms with Crippen LogP contribution in [0.2, 0.25) is 0 Å². The summed E-state index contributed by atoms with van der Waals surface area (Å²) in [6, 6.07) is 0. The highest BCUT2D eigenvalue weighted by atomic mass is 32.2. The van der Waals surface area contributed by atoms with Crippen molar-refractivity contribution in [1.29, 1.82) is 0 Å². The van der Waals surface area contributed by atoms with Gasteiger partial charge in [0.15, 0.2) is 0 Å². The summed E-state index contributed by atoms with van der Waals surface area (Å²) < 4.78 is 26.2. The average molecular weight is 302 g/mol. The summed E-state index contributed by atoms with van der Waals surface area (Å²) in [7, 11) is -1.13. The average Bonchev–Trinajstić information content (AvgIpc) is 2.58. The zero-order valence-electron chi connectivity index (χ0n) is 13.1. The van der Waals surface area contributed by atoms with Crippen LogP contribution in [0.1, 0.15) is 30.3 Å². The van der Waals surface area contributed by atoms with Gasteiger partial charge < -0.3 is 5.32 Å². The minimum atomic E-state index is -3.07. The predicted molar refractivity (Wildman–Crippen MR) is 81.1 cm³/mol. The number of hydrogen-bond donors (Lipinski definition) is 1. The summed E-state index contributed by atoms with van der Waals surface area (Å²) in [5.41, 5.74) is 3.44. The molecule has 7 heteroatoms.